The van der Waals surface area contributed by atoms with Crippen LogP contribution in [0.25, 0.3) is 0 Å². The van der Waals surface area contributed by atoms with Gasteiger partial charge in [0.2, 0.25) is 0 Å². The first kappa shape index (κ1) is 8.87. The van der Waals surface area contributed by atoms with Gasteiger partial charge in [0.15, 0.2) is 11.5 Å². The molecule has 1 aliphatic heterocycles. The summed E-state index contributed by atoms with van der Waals surface area (Å²) in [5, 5.41) is 12.0. The Hall–Kier alpha value is -1.71. The zero-order valence-corrected chi connectivity index (χ0v) is 7.86. The predicted octanol–water partition coefficient (Wildman–Crippen LogP) is 1.66. The molecule has 14 heavy (non-hydrogen) atoms. The van der Waals surface area contributed by atoms with E-state index in [0.717, 1.165) is 5.56 Å². The van der Waals surface area contributed by atoms with Crippen LogP contribution in [0.15, 0.2) is 23.4 Å². The second-order valence-corrected chi connectivity index (χ2v) is 2.98. The van der Waals surface area contributed by atoms with Gasteiger partial charge in [-0.3, -0.25) is 0 Å². The van der Waals surface area contributed by atoms with Gasteiger partial charge < -0.3 is 14.7 Å². The van der Waals surface area contributed by atoms with E-state index in [1.807, 2.05) is 18.2 Å². The van der Waals surface area contributed by atoms with Crippen molar-refractivity contribution in [2.45, 2.75) is 6.42 Å². The summed E-state index contributed by atoms with van der Waals surface area (Å²) in [6, 6.07) is 5.52. The minimum absolute atomic E-state index is 0.521. The second kappa shape index (κ2) is 3.57. The van der Waals surface area contributed by atoms with Gasteiger partial charge in [-0.2, -0.15) is 0 Å². The molecule has 4 nitrogen and oxygen atoms in total. The molecule has 0 aromatic heterocycles. The van der Waals surface area contributed by atoms with E-state index in [1.165, 1.54) is 0 Å². The molecule has 2 rings (SSSR count). The molecule has 0 aliphatic carbocycles. The molecule has 1 N–H and O–H groups in total. The van der Waals surface area contributed by atoms with Crippen LogP contribution in [0, 0.1) is 0 Å². The van der Waals surface area contributed by atoms with Gasteiger partial charge in [0.25, 0.3) is 0 Å². The van der Waals surface area contributed by atoms with Crippen molar-refractivity contribution < 1.29 is 14.7 Å². The van der Waals surface area contributed by atoms with Gasteiger partial charge >= 0.3 is 0 Å². The molecule has 1 aromatic carbocycles. The summed E-state index contributed by atoms with van der Waals surface area (Å²) < 4.78 is 10.6. The molecule has 74 valence electrons. The van der Waals surface area contributed by atoms with E-state index in [2.05, 4.69) is 5.16 Å². The Morgan fingerprint density at radius 1 is 1.50 bits per heavy atom. The fourth-order valence-corrected chi connectivity index (χ4v) is 1.54. The van der Waals surface area contributed by atoms with Gasteiger partial charge in [-0.25, -0.2) is 0 Å². The molecule has 1 heterocycles. The number of fused-ring (bicyclic) bond motifs is 1. The SMILES string of the molecule is COc1cccc2c1OCC/C2=N\O. The molecule has 1 aliphatic rings. The van der Waals surface area contributed by atoms with E-state index in [4.69, 9.17) is 14.7 Å². The van der Waals surface area contributed by atoms with E-state index in [1.54, 1.807) is 7.11 Å². The fraction of sp³-hybridized carbons (Fsp3) is 0.300. The Labute approximate surface area is 81.8 Å². The van der Waals surface area contributed by atoms with Gasteiger partial charge in [0.05, 0.1) is 19.4 Å². The molecule has 0 amide bonds. The third kappa shape index (κ3) is 1.28. The molecular formula is C10H11NO3. The number of hydrogen-bond donors (Lipinski definition) is 1. The first-order valence-corrected chi connectivity index (χ1v) is 4.38. The second-order valence-electron chi connectivity index (χ2n) is 2.98. The third-order valence-corrected chi connectivity index (χ3v) is 2.22. The van der Waals surface area contributed by atoms with E-state index in [9.17, 15) is 0 Å². The Balaban J connectivity index is 2.55. The van der Waals surface area contributed by atoms with Crippen LogP contribution in [0.2, 0.25) is 0 Å². The number of rotatable bonds is 1. The van der Waals surface area contributed by atoms with Crippen molar-refractivity contribution in [1.29, 1.82) is 0 Å². The summed E-state index contributed by atoms with van der Waals surface area (Å²) in [5.41, 5.74) is 1.45. The van der Waals surface area contributed by atoms with Gasteiger partial charge in [-0.05, 0) is 12.1 Å². The van der Waals surface area contributed by atoms with Crippen molar-refractivity contribution in [1.82, 2.24) is 0 Å². The molecule has 0 fully saturated rings. The average molecular weight is 193 g/mol. The van der Waals surface area contributed by atoms with Crippen LogP contribution in [-0.2, 0) is 0 Å². The molecule has 0 saturated heterocycles. The zero-order valence-electron chi connectivity index (χ0n) is 7.86. The highest BCUT2D eigenvalue weighted by molar-refractivity contribution is 6.04. The summed E-state index contributed by atoms with van der Waals surface area (Å²) >= 11 is 0. The minimum Gasteiger partial charge on any atom is -0.493 e. The Bertz CT molecular complexity index is 374. The monoisotopic (exact) mass is 193 g/mol. The van der Waals surface area contributed by atoms with Crippen molar-refractivity contribution in [2.24, 2.45) is 5.16 Å². The Morgan fingerprint density at radius 3 is 3.07 bits per heavy atom. The lowest BCUT2D eigenvalue weighted by Crippen LogP contribution is -2.16. The van der Waals surface area contributed by atoms with Crippen LogP contribution in [0.3, 0.4) is 0 Å². The fourth-order valence-electron chi connectivity index (χ4n) is 1.54. The lowest BCUT2D eigenvalue weighted by Gasteiger charge is -2.19. The van der Waals surface area contributed by atoms with E-state index in [0.29, 0.717) is 30.2 Å². The molecule has 0 atom stereocenters. The van der Waals surface area contributed by atoms with Crippen molar-refractivity contribution in [2.75, 3.05) is 13.7 Å². The van der Waals surface area contributed by atoms with E-state index >= 15 is 0 Å². The van der Waals surface area contributed by atoms with Crippen LogP contribution in [0.5, 0.6) is 11.5 Å². The lowest BCUT2D eigenvalue weighted by molar-refractivity contribution is 0.284. The molecular weight excluding hydrogens is 182 g/mol. The Kier molecular flexibility index (Phi) is 2.26. The van der Waals surface area contributed by atoms with Crippen LogP contribution < -0.4 is 9.47 Å². The number of para-hydroxylation sites is 1. The molecule has 0 bridgehead atoms. The van der Waals surface area contributed by atoms with Crippen LogP contribution in [0.1, 0.15) is 12.0 Å². The van der Waals surface area contributed by atoms with Crippen molar-refractivity contribution in [3.05, 3.63) is 23.8 Å². The smallest absolute Gasteiger partial charge is 0.170 e. The highest BCUT2D eigenvalue weighted by Gasteiger charge is 2.20. The number of methoxy groups -OCH3 is 1. The van der Waals surface area contributed by atoms with Crippen LogP contribution in [-0.4, -0.2) is 24.6 Å². The maximum absolute atomic E-state index is 8.79. The maximum Gasteiger partial charge on any atom is 0.170 e. The van der Waals surface area contributed by atoms with Crippen LogP contribution >= 0.6 is 0 Å². The standard InChI is InChI=1S/C10H11NO3/c1-13-9-4-2-3-7-8(11-12)5-6-14-10(7)9/h2-4,12H,5-6H2,1H3/b11-8+. The third-order valence-electron chi connectivity index (χ3n) is 2.22. The summed E-state index contributed by atoms with van der Waals surface area (Å²) in [7, 11) is 1.59. The number of oxime groups is 1. The predicted molar refractivity (Wildman–Crippen MR) is 51.4 cm³/mol. The minimum atomic E-state index is 0.521. The van der Waals surface area contributed by atoms with Gasteiger partial charge in [0.1, 0.15) is 0 Å². The summed E-state index contributed by atoms with van der Waals surface area (Å²) in [4.78, 5) is 0. The number of hydrogen-bond acceptors (Lipinski definition) is 4. The highest BCUT2D eigenvalue weighted by Crippen LogP contribution is 2.34. The highest BCUT2D eigenvalue weighted by atomic mass is 16.5. The number of benzene rings is 1. The molecule has 0 spiro atoms. The first-order valence-electron chi connectivity index (χ1n) is 4.38. The lowest BCUT2D eigenvalue weighted by atomic mass is 10.0. The maximum atomic E-state index is 8.79. The molecule has 0 unspecified atom stereocenters. The van der Waals surface area contributed by atoms with Gasteiger partial charge in [-0.1, -0.05) is 11.2 Å². The quantitative estimate of drug-likeness (QED) is 0.545. The van der Waals surface area contributed by atoms with Crippen LogP contribution in [0.4, 0.5) is 0 Å². The largest absolute Gasteiger partial charge is 0.493 e. The first-order chi connectivity index (χ1) is 6.86. The average Bonchev–Trinajstić information content (AvgIpc) is 2.27. The Morgan fingerprint density at radius 2 is 2.36 bits per heavy atom. The van der Waals surface area contributed by atoms with Gasteiger partial charge in [0, 0.05) is 12.0 Å². The summed E-state index contributed by atoms with van der Waals surface area (Å²) in [6.45, 7) is 0.521. The summed E-state index contributed by atoms with van der Waals surface area (Å²) in [6.07, 6.45) is 0.622. The molecule has 4 heteroatoms. The summed E-state index contributed by atoms with van der Waals surface area (Å²) in [5.74, 6) is 1.33. The number of ether oxygens (including phenoxy) is 2. The van der Waals surface area contributed by atoms with Crippen molar-refractivity contribution in [3.63, 3.8) is 0 Å². The normalized spacial score (nSPS) is 17.4. The zero-order chi connectivity index (χ0) is 9.97. The number of nitrogens with zero attached hydrogens (tertiary/aromatic N) is 1. The topological polar surface area (TPSA) is 51.0 Å². The molecule has 0 radical (unpaired) electrons. The van der Waals surface area contributed by atoms with Crippen molar-refractivity contribution in [3.8, 4) is 11.5 Å². The van der Waals surface area contributed by atoms with E-state index < -0.39 is 0 Å². The van der Waals surface area contributed by atoms with E-state index in [-0.39, 0.29) is 0 Å². The van der Waals surface area contributed by atoms with Gasteiger partial charge in [-0.15, -0.1) is 0 Å². The molecule has 0 saturated carbocycles. The molecule has 1 aromatic rings. The van der Waals surface area contributed by atoms with Crippen molar-refractivity contribution >= 4 is 5.71 Å².